The maximum Gasteiger partial charge on any atom is 0.272 e. The van der Waals surface area contributed by atoms with E-state index in [1.54, 1.807) is 25.5 Å². The second-order valence-corrected chi connectivity index (χ2v) is 6.95. The predicted molar refractivity (Wildman–Crippen MR) is 91.6 cm³/mol. The molecule has 1 amide bonds. The van der Waals surface area contributed by atoms with Crippen LogP contribution in [0.2, 0.25) is 0 Å². The van der Waals surface area contributed by atoms with Crippen LogP contribution in [-0.4, -0.2) is 28.2 Å². The van der Waals surface area contributed by atoms with E-state index < -0.39 is 0 Å². The molecule has 8 nitrogen and oxygen atoms in total. The predicted octanol–water partition coefficient (Wildman–Crippen LogP) is 1.37. The molecule has 0 bridgehead atoms. The summed E-state index contributed by atoms with van der Waals surface area (Å²) in [6, 6.07) is 6.13. The van der Waals surface area contributed by atoms with Gasteiger partial charge in [-0.25, -0.2) is 5.43 Å². The lowest BCUT2D eigenvalue weighted by molar-refractivity contribution is 0.0908. The zero-order chi connectivity index (χ0) is 18.1. The Labute approximate surface area is 151 Å². The quantitative estimate of drug-likeness (QED) is 0.764. The van der Waals surface area contributed by atoms with Gasteiger partial charge in [0.2, 0.25) is 0 Å². The van der Waals surface area contributed by atoms with Crippen molar-refractivity contribution < 1.29 is 9.21 Å². The minimum Gasteiger partial charge on any atom is -0.472 e. The molecular formula is C18H20N6O2. The highest BCUT2D eigenvalue weighted by Crippen LogP contribution is 2.38. The minimum atomic E-state index is -0.235. The first kappa shape index (κ1) is 16.7. The van der Waals surface area contributed by atoms with Crippen molar-refractivity contribution in [2.45, 2.75) is 44.3 Å². The van der Waals surface area contributed by atoms with Gasteiger partial charge in [0.05, 0.1) is 18.6 Å². The van der Waals surface area contributed by atoms with Crippen LogP contribution in [-0.2, 0) is 0 Å². The standard InChI is InChI=1S/C18H20N6O2/c1-10-6-13(8-19)21-23-16(10)18(25)20-12-2-3-15-14(7-12)17(24-22-15)11-4-5-26-9-11/h4-6,9,12,14-15,17,22,24H,2-3,7H2,1H3,(H,20,25). The lowest BCUT2D eigenvalue weighted by Crippen LogP contribution is -2.44. The van der Waals surface area contributed by atoms with Crippen LogP contribution in [0.4, 0.5) is 0 Å². The molecule has 2 aromatic rings. The number of nitrogens with one attached hydrogen (secondary N) is 3. The number of hydrazine groups is 1. The van der Waals surface area contributed by atoms with E-state index in [1.165, 1.54) is 0 Å². The first-order valence-corrected chi connectivity index (χ1v) is 8.74. The van der Waals surface area contributed by atoms with Crippen LogP contribution in [0.25, 0.3) is 0 Å². The number of rotatable bonds is 3. The molecule has 8 heteroatoms. The Kier molecular flexibility index (Phi) is 4.41. The number of hydrogen-bond acceptors (Lipinski definition) is 7. The van der Waals surface area contributed by atoms with E-state index in [0.29, 0.717) is 17.5 Å². The van der Waals surface area contributed by atoms with Gasteiger partial charge in [-0.1, -0.05) is 0 Å². The van der Waals surface area contributed by atoms with Gasteiger partial charge < -0.3 is 9.73 Å². The highest BCUT2D eigenvalue weighted by molar-refractivity contribution is 5.93. The third-order valence-corrected chi connectivity index (χ3v) is 5.30. The minimum absolute atomic E-state index is 0.0803. The summed E-state index contributed by atoms with van der Waals surface area (Å²) in [6.45, 7) is 1.76. The van der Waals surface area contributed by atoms with Gasteiger partial charge in [0.25, 0.3) is 5.91 Å². The van der Waals surface area contributed by atoms with Crippen LogP contribution in [0, 0.1) is 24.2 Å². The molecule has 3 N–H and O–H groups in total. The summed E-state index contributed by atoms with van der Waals surface area (Å²) < 4.78 is 5.21. The Morgan fingerprint density at radius 1 is 1.38 bits per heavy atom. The highest BCUT2D eigenvalue weighted by atomic mass is 16.3. The Morgan fingerprint density at radius 2 is 2.27 bits per heavy atom. The molecule has 4 rings (SSSR count). The van der Waals surface area contributed by atoms with Gasteiger partial charge >= 0.3 is 0 Å². The number of fused-ring (bicyclic) bond motifs is 1. The van der Waals surface area contributed by atoms with Crippen LogP contribution in [0.5, 0.6) is 0 Å². The SMILES string of the molecule is Cc1cc(C#N)nnc1C(=O)NC1CCC2NNC(c3ccoc3)C2C1. The smallest absolute Gasteiger partial charge is 0.272 e. The second kappa shape index (κ2) is 6.86. The molecule has 26 heavy (non-hydrogen) atoms. The van der Waals surface area contributed by atoms with Gasteiger partial charge in [-0.05, 0) is 49.8 Å². The summed E-state index contributed by atoms with van der Waals surface area (Å²) in [5.74, 6) is 0.140. The van der Waals surface area contributed by atoms with Crippen molar-refractivity contribution >= 4 is 5.91 Å². The summed E-state index contributed by atoms with van der Waals surface area (Å²) in [5, 5.41) is 19.6. The van der Waals surface area contributed by atoms with Crippen molar-refractivity contribution in [1.29, 1.82) is 5.26 Å². The molecule has 0 radical (unpaired) electrons. The molecule has 0 spiro atoms. The Hall–Kier alpha value is -2.76. The fraction of sp³-hybridized carbons (Fsp3) is 0.444. The summed E-state index contributed by atoms with van der Waals surface area (Å²) in [7, 11) is 0. The molecule has 4 unspecified atom stereocenters. The third-order valence-electron chi connectivity index (χ3n) is 5.30. The molecule has 4 atom stereocenters. The Morgan fingerprint density at radius 3 is 3.00 bits per heavy atom. The molecule has 1 aliphatic heterocycles. The lowest BCUT2D eigenvalue weighted by atomic mass is 9.77. The molecule has 2 aromatic heterocycles. The highest BCUT2D eigenvalue weighted by Gasteiger charge is 2.41. The summed E-state index contributed by atoms with van der Waals surface area (Å²) in [5.41, 5.74) is 8.98. The topological polar surface area (TPSA) is 116 Å². The molecule has 134 valence electrons. The second-order valence-electron chi connectivity index (χ2n) is 6.95. The molecular weight excluding hydrogens is 332 g/mol. The lowest BCUT2D eigenvalue weighted by Gasteiger charge is -2.33. The first-order valence-electron chi connectivity index (χ1n) is 8.74. The largest absolute Gasteiger partial charge is 0.472 e. The maximum absolute atomic E-state index is 12.6. The number of hydrogen-bond donors (Lipinski definition) is 3. The monoisotopic (exact) mass is 352 g/mol. The van der Waals surface area contributed by atoms with E-state index in [1.807, 2.05) is 12.1 Å². The van der Waals surface area contributed by atoms with Crippen LogP contribution in [0.15, 0.2) is 29.1 Å². The van der Waals surface area contributed by atoms with Crippen molar-refractivity contribution in [3.05, 3.63) is 47.2 Å². The molecule has 1 aliphatic carbocycles. The molecule has 1 saturated carbocycles. The first-order chi connectivity index (χ1) is 12.7. The van der Waals surface area contributed by atoms with Gasteiger partial charge in [-0.3, -0.25) is 10.2 Å². The van der Waals surface area contributed by atoms with Gasteiger partial charge in [-0.2, -0.15) is 5.26 Å². The van der Waals surface area contributed by atoms with Crippen molar-refractivity contribution in [2.75, 3.05) is 0 Å². The van der Waals surface area contributed by atoms with E-state index in [2.05, 4.69) is 26.4 Å². The van der Waals surface area contributed by atoms with Crippen molar-refractivity contribution in [3.8, 4) is 6.07 Å². The van der Waals surface area contributed by atoms with Crippen molar-refractivity contribution in [1.82, 2.24) is 26.4 Å². The molecule has 1 saturated heterocycles. The van der Waals surface area contributed by atoms with E-state index in [0.717, 1.165) is 24.8 Å². The third kappa shape index (κ3) is 3.07. The number of aryl methyl sites for hydroxylation is 1. The number of aromatic nitrogens is 2. The molecule has 2 aliphatic rings. The number of nitriles is 1. The van der Waals surface area contributed by atoms with Gasteiger partial charge in [-0.15, -0.1) is 10.2 Å². The van der Waals surface area contributed by atoms with Crippen LogP contribution >= 0.6 is 0 Å². The van der Waals surface area contributed by atoms with Crippen molar-refractivity contribution in [2.24, 2.45) is 5.92 Å². The van der Waals surface area contributed by atoms with E-state index in [9.17, 15) is 4.79 Å². The van der Waals surface area contributed by atoms with Crippen molar-refractivity contribution in [3.63, 3.8) is 0 Å². The summed E-state index contributed by atoms with van der Waals surface area (Å²) in [4.78, 5) is 12.6. The van der Waals surface area contributed by atoms with Crippen LogP contribution < -0.4 is 16.2 Å². The molecule has 3 heterocycles. The van der Waals surface area contributed by atoms with Crippen LogP contribution in [0.3, 0.4) is 0 Å². The zero-order valence-corrected chi connectivity index (χ0v) is 14.4. The average Bonchev–Trinajstić information content (AvgIpc) is 3.30. The Balaban J connectivity index is 1.44. The Bertz CT molecular complexity index is 844. The molecule has 0 aromatic carbocycles. The van der Waals surface area contributed by atoms with E-state index in [-0.39, 0.29) is 29.4 Å². The number of carbonyl (C=O) groups is 1. The maximum atomic E-state index is 12.6. The number of carbonyl (C=O) groups excluding carboxylic acids is 1. The number of amides is 1. The van der Waals surface area contributed by atoms with Crippen LogP contribution in [0.1, 0.15) is 52.6 Å². The average molecular weight is 352 g/mol. The van der Waals surface area contributed by atoms with Gasteiger partial charge in [0.15, 0.2) is 11.4 Å². The normalized spacial score (nSPS) is 27.5. The van der Waals surface area contributed by atoms with Gasteiger partial charge in [0.1, 0.15) is 6.07 Å². The fourth-order valence-corrected chi connectivity index (χ4v) is 3.99. The fourth-order valence-electron chi connectivity index (χ4n) is 3.99. The van der Waals surface area contributed by atoms with E-state index in [4.69, 9.17) is 9.68 Å². The summed E-state index contributed by atoms with van der Waals surface area (Å²) >= 11 is 0. The number of furan rings is 1. The summed E-state index contributed by atoms with van der Waals surface area (Å²) in [6.07, 6.45) is 6.20. The number of nitrogens with zero attached hydrogens (tertiary/aromatic N) is 3. The van der Waals surface area contributed by atoms with E-state index >= 15 is 0 Å². The zero-order valence-electron chi connectivity index (χ0n) is 14.4. The van der Waals surface area contributed by atoms with Gasteiger partial charge in [0, 0.05) is 17.6 Å². The molecule has 2 fully saturated rings.